The fraction of sp³-hybridized carbons (Fsp3) is 0.273. The second kappa shape index (κ2) is 6.35. The van der Waals surface area contributed by atoms with Crippen molar-refractivity contribution in [3.63, 3.8) is 0 Å². The Hall–Kier alpha value is -2.13. The van der Waals surface area contributed by atoms with Crippen LogP contribution in [-0.4, -0.2) is 43.7 Å². The summed E-state index contributed by atoms with van der Waals surface area (Å²) in [6.45, 7) is 0. The maximum absolute atomic E-state index is 11.9. The van der Waals surface area contributed by atoms with Gasteiger partial charge in [0.15, 0.2) is 0 Å². The molecule has 3 N–H and O–H groups in total. The zero-order valence-electron chi connectivity index (χ0n) is 10.4. The zero-order valence-corrected chi connectivity index (χ0v) is 11.3. The minimum atomic E-state index is -4.12. The van der Waals surface area contributed by atoms with Gasteiger partial charge in [-0.25, -0.2) is 8.42 Å². The lowest BCUT2D eigenvalue weighted by molar-refractivity contribution is -0.145. The molecule has 0 heterocycles. The number of hydrogen-bond donors (Lipinski definition) is 3. The van der Waals surface area contributed by atoms with Crippen molar-refractivity contribution in [1.82, 2.24) is 4.72 Å². The van der Waals surface area contributed by atoms with E-state index in [1.54, 1.807) is 0 Å². The summed E-state index contributed by atoms with van der Waals surface area (Å²) in [5.41, 5.74) is 0. The molecule has 0 spiro atoms. The Balaban J connectivity index is 2.96. The highest BCUT2D eigenvalue weighted by atomic mass is 32.2. The highest BCUT2D eigenvalue weighted by molar-refractivity contribution is 7.89. The number of rotatable bonds is 7. The van der Waals surface area contributed by atoms with Gasteiger partial charge in [0.25, 0.3) is 0 Å². The number of benzene rings is 1. The summed E-state index contributed by atoms with van der Waals surface area (Å²) in [5.74, 6) is -2.55. The van der Waals surface area contributed by atoms with Crippen molar-refractivity contribution < 1.29 is 33.0 Å². The van der Waals surface area contributed by atoms with E-state index in [0.29, 0.717) is 5.75 Å². The van der Waals surface area contributed by atoms with Crippen molar-refractivity contribution in [2.24, 2.45) is 0 Å². The Kier molecular flexibility index (Phi) is 5.06. The minimum absolute atomic E-state index is 0.185. The third-order valence-corrected chi connectivity index (χ3v) is 3.83. The fourth-order valence-corrected chi connectivity index (χ4v) is 2.55. The number of nitrogens with one attached hydrogen (secondary N) is 1. The molecule has 1 aromatic carbocycles. The molecule has 0 radical (unpaired) electrons. The van der Waals surface area contributed by atoms with E-state index in [-0.39, 0.29) is 4.90 Å². The van der Waals surface area contributed by atoms with E-state index < -0.39 is 34.4 Å². The monoisotopic (exact) mass is 303 g/mol. The number of carboxylic acids is 2. The molecular formula is C11H13NO7S. The Morgan fingerprint density at radius 3 is 2.20 bits per heavy atom. The number of carbonyl (C=O) groups is 2. The van der Waals surface area contributed by atoms with Crippen LogP contribution in [0.2, 0.25) is 0 Å². The van der Waals surface area contributed by atoms with Gasteiger partial charge in [0.05, 0.1) is 18.4 Å². The number of carboxylic acid groups (broad SMARTS) is 2. The average Bonchev–Trinajstić information content (AvgIpc) is 2.37. The van der Waals surface area contributed by atoms with Gasteiger partial charge in [0.1, 0.15) is 11.8 Å². The molecule has 8 nitrogen and oxygen atoms in total. The van der Waals surface area contributed by atoms with Crippen molar-refractivity contribution in [1.29, 1.82) is 0 Å². The zero-order chi connectivity index (χ0) is 15.3. The number of methoxy groups -OCH3 is 1. The number of sulfonamides is 1. The van der Waals surface area contributed by atoms with Gasteiger partial charge >= 0.3 is 11.9 Å². The van der Waals surface area contributed by atoms with E-state index in [0.717, 1.165) is 0 Å². The summed E-state index contributed by atoms with van der Waals surface area (Å²) in [6.07, 6.45) is -0.856. The van der Waals surface area contributed by atoms with E-state index in [9.17, 15) is 18.0 Å². The van der Waals surface area contributed by atoms with Gasteiger partial charge < -0.3 is 14.9 Å². The van der Waals surface area contributed by atoms with E-state index in [1.165, 1.54) is 31.4 Å². The average molecular weight is 303 g/mol. The lowest BCUT2D eigenvalue weighted by Crippen LogP contribution is -2.42. The molecule has 110 valence electrons. The first-order valence-corrected chi connectivity index (χ1v) is 6.85. The van der Waals surface area contributed by atoms with Crippen molar-refractivity contribution in [3.05, 3.63) is 24.3 Å². The molecule has 0 amide bonds. The Bertz CT molecular complexity index is 594. The van der Waals surface area contributed by atoms with Crippen LogP contribution in [0.25, 0.3) is 0 Å². The van der Waals surface area contributed by atoms with Crippen LogP contribution in [0.3, 0.4) is 0 Å². The number of ether oxygens (including phenoxy) is 1. The molecule has 9 heteroatoms. The molecule has 0 fully saturated rings. The standard InChI is InChI=1S/C11H13NO7S/c1-19-7-2-4-8(5-3-7)20(17,18)12-9(11(15)16)6-10(13)14/h2-5,9,12H,6H2,1H3,(H,13,14)(H,15,16). The second-order valence-corrected chi connectivity index (χ2v) is 5.50. The van der Waals surface area contributed by atoms with Crippen LogP contribution < -0.4 is 9.46 Å². The van der Waals surface area contributed by atoms with Crippen LogP contribution in [-0.2, 0) is 19.6 Å². The van der Waals surface area contributed by atoms with Gasteiger partial charge in [-0.3, -0.25) is 9.59 Å². The molecule has 0 aliphatic rings. The van der Waals surface area contributed by atoms with Gasteiger partial charge in [-0.05, 0) is 24.3 Å². The number of aliphatic carboxylic acids is 2. The van der Waals surface area contributed by atoms with E-state index in [2.05, 4.69) is 0 Å². The van der Waals surface area contributed by atoms with Gasteiger partial charge in [-0.1, -0.05) is 0 Å². The summed E-state index contributed by atoms with van der Waals surface area (Å²) < 4.78 is 30.5. The molecular weight excluding hydrogens is 290 g/mol. The summed E-state index contributed by atoms with van der Waals surface area (Å²) in [4.78, 5) is 21.2. The minimum Gasteiger partial charge on any atom is -0.497 e. The predicted octanol–water partition coefficient (Wildman–Crippen LogP) is -0.0986. The normalized spacial score (nSPS) is 12.7. The Labute approximate surface area is 115 Å². The Morgan fingerprint density at radius 1 is 1.25 bits per heavy atom. The van der Waals surface area contributed by atoms with Crippen molar-refractivity contribution in [3.8, 4) is 5.75 Å². The van der Waals surface area contributed by atoms with E-state index >= 15 is 0 Å². The largest absolute Gasteiger partial charge is 0.497 e. The highest BCUT2D eigenvalue weighted by Gasteiger charge is 2.27. The number of hydrogen-bond acceptors (Lipinski definition) is 5. The summed E-state index contributed by atoms with van der Waals surface area (Å²) in [7, 11) is -2.71. The predicted molar refractivity (Wildman–Crippen MR) is 67.0 cm³/mol. The smallest absolute Gasteiger partial charge is 0.322 e. The molecule has 0 aliphatic carbocycles. The lowest BCUT2D eigenvalue weighted by atomic mass is 10.2. The molecule has 0 saturated carbocycles. The van der Waals surface area contributed by atoms with Crippen molar-refractivity contribution in [2.75, 3.05) is 7.11 Å². The molecule has 20 heavy (non-hydrogen) atoms. The van der Waals surface area contributed by atoms with Crippen molar-refractivity contribution in [2.45, 2.75) is 17.4 Å². The van der Waals surface area contributed by atoms with Crippen LogP contribution in [0.15, 0.2) is 29.2 Å². The molecule has 1 unspecified atom stereocenters. The molecule has 0 aromatic heterocycles. The van der Waals surface area contributed by atoms with Gasteiger partial charge in [-0.15, -0.1) is 0 Å². The highest BCUT2D eigenvalue weighted by Crippen LogP contribution is 2.16. The van der Waals surface area contributed by atoms with E-state index in [4.69, 9.17) is 14.9 Å². The van der Waals surface area contributed by atoms with Gasteiger partial charge in [-0.2, -0.15) is 4.72 Å². The molecule has 0 aliphatic heterocycles. The van der Waals surface area contributed by atoms with Crippen LogP contribution >= 0.6 is 0 Å². The summed E-state index contributed by atoms with van der Waals surface area (Å²) in [5, 5.41) is 17.4. The quantitative estimate of drug-likeness (QED) is 0.641. The summed E-state index contributed by atoms with van der Waals surface area (Å²) in [6, 6.07) is 3.49. The van der Waals surface area contributed by atoms with Crippen LogP contribution in [0.1, 0.15) is 6.42 Å². The van der Waals surface area contributed by atoms with Gasteiger partial charge in [0, 0.05) is 0 Å². The second-order valence-electron chi connectivity index (χ2n) is 3.79. The topological polar surface area (TPSA) is 130 Å². The maximum atomic E-state index is 11.9. The molecule has 1 aromatic rings. The first kappa shape index (κ1) is 15.9. The van der Waals surface area contributed by atoms with Crippen LogP contribution in [0, 0.1) is 0 Å². The fourth-order valence-electron chi connectivity index (χ4n) is 1.36. The third kappa shape index (κ3) is 4.21. The van der Waals surface area contributed by atoms with Crippen molar-refractivity contribution >= 4 is 22.0 Å². The van der Waals surface area contributed by atoms with Crippen LogP contribution in [0.4, 0.5) is 0 Å². The summed E-state index contributed by atoms with van der Waals surface area (Å²) >= 11 is 0. The third-order valence-electron chi connectivity index (χ3n) is 2.34. The van der Waals surface area contributed by atoms with Crippen LogP contribution in [0.5, 0.6) is 5.75 Å². The molecule has 0 bridgehead atoms. The van der Waals surface area contributed by atoms with E-state index in [1.807, 2.05) is 4.72 Å². The Morgan fingerprint density at radius 2 is 1.80 bits per heavy atom. The first-order chi connectivity index (χ1) is 9.26. The first-order valence-electron chi connectivity index (χ1n) is 5.37. The molecule has 1 rings (SSSR count). The molecule has 0 saturated heterocycles. The van der Waals surface area contributed by atoms with Gasteiger partial charge in [0.2, 0.25) is 10.0 Å². The lowest BCUT2D eigenvalue weighted by Gasteiger charge is -2.13. The SMILES string of the molecule is COc1ccc(S(=O)(=O)NC(CC(=O)O)C(=O)O)cc1. The maximum Gasteiger partial charge on any atom is 0.322 e. The molecule has 1 atom stereocenters.